The van der Waals surface area contributed by atoms with E-state index in [1.807, 2.05) is 6.07 Å². The van der Waals surface area contributed by atoms with Gasteiger partial charge in [0, 0.05) is 0 Å². The minimum absolute atomic E-state index is 0.0166. The Hall–Kier alpha value is -2.39. The topological polar surface area (TPSA) is 67.2 Å². The molecule has 0 heterocycles. The van der Waals surface area contributed by atoms with Gasteiger partial charge in [-0.15, -0.1) is 0 Å². The van der Waals surface area contributed by atoms with Gasteiger partial charge in [-0.25, -0.2) is 4.39 Å². The molecule has 2 rings (SSSR count). The van der Waals surface area contributed by atoms with E-state index in [1.54, 1.807) is 12.1 Å². The zero-order valence-corrected chi connectivity index (χ0v) is 11.1. The lowest BCUT2D eigenvalue weighted by molar-refractivity contribution is 0.484. The fourth-order valence-electron chi connectivity index (χ4n) is 1.58. The number of hydrogen-bond donors (Lipinski definition) is 0. The normalized spacial score (nSPS) is 10.8. The molecule has 0 fully saturated rings. The lowest BCUT2D eigenvalue weighted by Gasteiger charge is -2.08. The fourth-order valence-corrected chi connectivity index (χ4v) is 2.66. The summed E-state index contributed by atoms with van der Waals surface area (Å²) < 4.78 is 41.5. The van der Waals surface area contributed by atoms with Crippen molar-refractivity contribution in [3.8, 4) is 11.8 Å². The second kappa shape index (κ2) is 5.72. The zero-order chi connectivity index (χ0) is 14.6. The minimum atomic E-state index is -3.91. The lowest BCUT2D eigenvalue weighted by atomic mass is 10.2. The summed E-state index contributed by atoms with van der Waals surface area (Å²) in [7, 11) is -3.91. The molecule has 0 N–H and O–H groups in total. The molecular formula is C14H10FNO3S. The molecule has 6 heteroatoms. The predicted octanol–water partition coefficient (Wildman–Crippen LogP) is 2.61. The van der Waals surface area contributed by atoms with Gasteiger partial charge in [0.1, 0.15) is 17.6 Å². The first kappa shape index (κ1) is 14.0. The third-order valence-corrected chi connectivity index (χ3v) is 3.60. The Morgan fingerprint density at radius 2 is 1.75 bits per heavy atom. The molecule has 0 saturated carbocycles. The SMILES string of the molecule is N#Cc1ccccc1OS(=O)(=O)Cc1ccc(F)cc1. The Kier molecular flexibility index (Phi) is 4.01. The molecule has 0 bridgehead atoms. The number of para-hydroxylation sites is 1. The van der Waals surface area contributed by atoms with E-state index in [1.165, 1.54) is 36.4 Å². The molecule has 0 amide bonds. The Morgan fingerprint density at radius 1 is 1.10 bits per heavy atom. The monoisotopic (exact) mass is 291 g/mol. The molecule has 0 aliphatic rings. The Balaban J connectivity index is 2.19. The lowest BCUT2D eigenvalue weighted by Crippen LogP contribution is -2.12. The average molecular weight is 291 g/mol. The summed E-state index contributed by atoms with van der Waals surface area (Å²) in [4.78, 5) is 0. The van der Waals surface area contributed by atoms with Crippen LogP contribution in [0.3, 0.4) is 0 Å². The standard InChI is InChI=1S/C14H10FNO3S/c15-13-7-5-11(6-8-13)10-20(17,18)19-14-4-2-1-3-12(14)9-16/h1-8H,10H2. The Labute approximate surface area is 116 Å². The molecule has 102 valence electrons. The van der Waals surface area contributed by atoms with Crippen LogP contribution in [0.4, 0.5) is 4.39 Å². The summed E-state index contributed by atoms with van der Waals surface area (Å²) in [5.74, 6) is -0.855. The third kappa shape index (κ3) is 3.56. The summed E-state index contributed by atoms with van der Waals surface area (Å²) in [6, 6.07) is 13.0. The van der Waals surface area contributed by atoms with Crippen molar-refractivity contribution in [3.05, 3.63) is 65.5 Å². The van der Waals surface area contributed by atoms with Gasteiger partial charge in [-0.1, -0.05) is 24.3 Å². The molecule has 0 aliphatic carbocycles. The molecule has 0 aromatic heterocycles. The van der Waals surface area contributed by atoms with Crippen LogP contribution in [0.2, 0.25) is 0 Å². The molecule has 0 atom stereocenters. The number of benzene rings is 2. The number of nitrogens with zero attached hydrogens (tertiary/aromatic N) is 1. The van der Waals surface area contributed by atoms with Crippen LogP contribution in [0.25, 0.3) is 0 Å². The van der Waals surface area contributed by atoms with Gasteiger partial charge in [0.25, 0.3) is 0 Å². The Morgan fingerprint density at radius 3 is 2.40 bits per heavy atom. The second-order valence-corrected chi connectivity index (χ2v) is 5.59. The highest BCUT2D eigenvalue weighted by Crippen LogP contribution is 2.20. The summed E-state index contributed by atoms with van der Waals surface area (Å²) >= 11 is 0. The van der Waals surface area contributed by atoms with E-state index in [9.17, 15) is 12.8 Å². The highest BCUT2D eigenvalue weighted by atomic mass is 32.2. The maximum atomic E-state index is 12.7. The van der Waals surface area contributed by atoms with Crippen molar-refractivity contribution in [2.45, 2.75) is 5.75 Å². The molecule has 2 aromatic carbocycles. The molecule has 0 saturated heterocycles. The first-order chi connectivity index (χ1) is 9.50. The van der Waals surface area contributed by atoms with Crippen LogP contribution in [0, 0.1) is 17.1 Å². The van der Waals surface area contributed by atoms with Crippen molar-refractivity contribution >= 4 is 10.1 Å². The van der Waals surface area contributed by atoms with Gasteiger partial charge in [0.2, 0.25) is 0 Å². The smallest absolute Gasteiger partial charge is 0.313 e. The van der Waals surface area contributed by atoms with Crippen molar-refractivity contribution in [1.29, 1.82) is 5.26 Å². The maximum Gasteiger partial charge on any atom is 0.313 e. The van der Waals surface area contributed by atoms with E-state index >= 15 is 0 Å². The molecule has 0 spiro atoms. The largest absolute Gasteiger partial charge is 0.381 e. The van der Waals surface area contributed by atoms with Crippen molar-refractivity contribution in [2.75, 3.05) is 0 Å². The van der Waals surface area contributed by atoms with Crippen LogP contribution < -0.4 is 4.18 Å². The number of halogens is 1. The highest BCUT2D eigenvalue weighted by molar-refractivity contribution is 7.86. The number of nitriles is 1. The fraction of sp³-hybridized carbons (Fsp3) is 0.0714. The first-order valence-corrected chi connectivity index (χ1v) is 7.24. The molecule has 20 heavy (non-hydrogen) atoms. The third-order valence-electron chi connectivity index (χ3n) is 2.48. The van der Waals surface area contributed by atoms with Crippen LogP contribution in [-0.4, -0.2) is 8.42 Å². The van der Waals surface area contributed by atoms with Gasteiger partial charge in [-0.3, -0.25) is 0 Å². The number of rotatable bonds is 4. The zero-order valence-electron chi connectivity index (χ0n) is 10.3. The van der Waals surface area contributed by atoms with Crippen molar-refractivity contribution in [3.63, 3.8) is 0 Å². The minimum Gasteiger partial charge on any atom is -0.381 e. The van der Waals surface area contributed by atoms with E-state index in [0.717, 1.165) is 0 Å². The molecule has 0 unspecified atom stereocenters. The van der Waals surface area contributed by atoms with Crippen LogP contribution in [0.5, 0.6) is 5.75 Å². The highest BCUT2D eigenvalue weighted by Gasteiger charge is 2.16. The van der Waals surface area contributed by atoms with E-state index in [4.69, 9.17) is 9.44 Å². The second-order valence-electron chi connectivity index (χ2n) is 4.02. The van der Waals surface area contributed by atoms with Crippen molar-refractivity contribution in [2.24, 2.45) is 0 Å². The van der Waals surface area contributed by atoms with Gasteiger partial charge < -0.3 is 4.18 Å². The maximum absolute atomic E-state index is 12.7. The van der Waals surface area contributed by atoms with Gasteiger partial charge in [0.05, 0.1) is 5.56 Å². The summed E-state index contributed by atoms with van der Waals surface area (Å²) in [6.45, 7) is 0. The van der Waals surface area contributed by atoms with Gasteiger partial charge in [0.15, 0.2) is 5.75 Å². The summed E-state index contributed by atoms with van der Waals surface area (Å²) in [5, 5.41) is 8.87. The van der Waals surface area contributed by atoms with Crippen LogP contribution >= 0.6 is 0 Å². The summed E-state index contributed by atoms with van der Waals surface area (Å²) in [5.41, 5.74) is 0.538. The van der Waals surface area contributed by atoms with Crippen molar-refractivity contribution in [1.82, 2.24) is 0 Å². The van der Waals surface area contributed by atoms with Crippen LogP contribution in [0.1, 0.15) is 11.1 Å². The molecule has 4 nitrogen and oxygen atoms in total. The van der Waals surface area contributed by atoms with Crippen LogP contribution in [0.15, 0.2) is 48.5 Å². The van der Waals surface area contributed by atoms with E-state index in [-0.39, 0.29) is 11.3 Å². The first-order valence-electron chi connectivity index (χ1n) is 5.66. The molecule has 0 radical (unpaired) electrons. The summed E-state index contributed by atoms with van der Waals surface area (Å²) in [6.07, 6.45) is 0. The predicted molar refractivity (Wildman–Crippen MR) is 70.8 cm³/mol. The molecule has 0 aliphatic heterocycles. The van der Waals surface area contributed by atoms with Gasteiger partial charge in [-0.2, -0.15) is 13.7 Å². The van der Waals surface area contributed by atoms with E-state index < -0.39 is 21.7 Å². The van der Waals surface area contributed by atoms with E-state index in [0.29, 0.717) is 5.56 Å². The van der Waals surface area contributed by atoms with Gasteiger partial charge >= 0.3 is 10.1 Å². The quantitative estimate of drug-likeness (QED) is 0.812. The molecule has 2 aromatic rings. The number of hydrogen-bond acceptors (Lipinski definition) is 4. The average Bonchev–Trinajstić information content (AvgIpc) is 2.41. The molecular weight excluding hydrogens is 281 g/mol. The Bertz CT molecular complexity index is 749. The van der Waals surface area contributed by atoms with E-state index in [2.05, 4.69) is 0 Å². The van der Waals surface area contributed by atoms with Gasteiger partial charge in [-0.05, 0) is 29.8 Å². The van der Waals surface area contributed by atoms with Crippen molar-refractivity contribution < 1.29 is 17.0 Å². The van der Waals surface area contributed by atoms with Crippen LogP contribution in [-0.2, 0) is 15.9 Å².